The summed E-state index contributed by atoms with van der Waals surface area (Å²) < 4.78 is 45.1. The Hall–Kier alpha value is -1.04. The Morgan fingerprint density at radius 3 is 2.19 bits per heavy atom. The second-order valence-corrected chi connectivity index (χ2v) is 7.70. The lowest BCUT2D eigenvalue weighted by atomic mass is 9.78. The average molecular weight is 368 g/mol. The van der Waals surface area contributed by atoms with Crippen LogP contribution in [0.25, 0.3) is 0 Å². The van der Waals surface area contributed by atoms with E-state index in [0.717, 1.165) is 57.3 Å². The normalized spacial score (nSPS) is 29.7. The number of methoxy groups -OCH3 is 1. The summed E-state index contributed by atoms with van der Waals surface area (Å²) in [6.07, 6.45) is 5.96. The van der Waals surface area contributed by atoms with Gasteiger partial charge in [-0.2, -0.15) is 0 Å². The van der Waals surface area contributed by atoms with E-state index < -0.39 is 11.6 Å². The average Bonchev–Trinajstić information content (AvgIpc) is 2.66. The molecule has 1 aliphatic heterocycles. The second-order valence-electron chi connectivity index (χ2n) is 7.70. The van der Waals surface area contributed by atoms with Crippen molar-refractivity contribution in [3.63, 3.8) is 0 Å². The highest BCUT2D eigenvalue weighted by molar-refractivity contribution is 5.28. The fourth-order valence-electron chi connectivity index (χ4n) is 4.27. The molecule has 1 aromatic rings. The Bertz CT molecular complexity index is 554. The highest BCUT2D eigenvalue weighted by atomic mass is 19.1. The van der Waals surface area contributed by atoms with Crippen molar-refractivity contribution < 1.29 is 23.0 Å². The number of ether oxygens (including phenoxy) is 3. The molecule has 1 saturated heterocycles. The Balaban J connectivity index is 1.54. The quantitative estimate of drug-likeness (QED) is 0.693. The van der Waals surface area contributed by atoms with Crippen LogP contribution in [0.2, 0.25) is 0 Å². The minimum Gasteiger partial charge on any atom is -0.380 e. The first kappa shape index (κ1) is 19.7. The molecule has 1 saturated carbocycles. The van der Waals surface area contributed by atoms with Crippen molar-refractivity contribution in [1.29, 1.82) is 0 Å². The van der Waals surface area contributed by atoms with Crippen LogP contribution in [-0.2, 0) is 20.8 Å². The van der Waals surface area contributed by atoms with Gasteiger partial charge >= 0.3 is 0 Å². The van der Waals surface area contributed by atoms with Gasteiger partial charge in [-0.3, -0.25) is 0 Å². The fourth-order valence-corrected chi connectivity index (χ4v) is 4.27. The van der Waals surface area contributed by atoms with Crippen LogP contribution >= 0.6 is 0 Å². The summed E-state index contributed by atoms with van der Waals surface area (Å²) in [6.45, 7) is 3.71. The van der Waals surface area contributed by atoms with Crippen LogP contribution in [-0.4, -0.2) is 26.6 Å². The molecular formula is C21H30F2O3. The molecule has 3 nitrogen and oxygen atoms in total. The molecule has 0 spiro atoms. The van der Waals surface area contributed by atoms with Gasteiger partial charge in [-0.1, -0.05) is 13.3 Å². The lowest BCUT2D eigenvalue weighted by Gasteiger charge is -2.37. The molecule has 2 fully saturated rings. The van der Waals surface area contributed by atoms with Crippen LogP contribution in [0.5, 0.6) is 0 Å². The standard InChI is InChI=1S/C21H30F2O3/c1-3-4-14-11-25-21(26-12-14)16-7-5-15(6-8-16)17-9-19(22)18(13-24-2)20(23)10-17/h9-10,14-16,21H,3-8,11-13H2,1-2H3/t14-,15?,16?,21-. The SMILES string of the molecule is CCC[C@H]1CO[C@H](C2CCC(c3cc(F)c(COC)c(F)c3)CC2)OC1. The van der Waals surface area contributed by atoms with E-state index in [1.807, 2.05) is 0 Å². The van der Waals surface area contributed by atoms with Gasteiger partial charge < -0.3 is 14.2 Å². The molecule has 0 radical (unpaired) electrons. The van der Waals surface area contributed by atoms with Crippen LogP contribution in [0.3, 0.4) is 0 Å². The van der Waals surface area contributed by atoms with Crippen molar-refractivity contribution in [3.05, 3.63) is 34.9 Å². The second kappa shape index (κ2) is 9.25. The Morgan fingerprint density at radius 1 is 1.04 bits per heavy atom. The minimum absolute atomic E-state index is 0.00979. The first-order chi connectivity index (χ1) is 12.6. The van der Waals surface area contributed by atoms with E-state index in [1.54, 1.807) is 0 Å². The van der Waals surface area contributed by atoms with Gasteiger partial charge in [0.1, 0.15) is 11.6 Å². The van der Waals surface area contributed by atoms with Gasteiger partial charge in [0.2, 0.25) is 0 Å². The summed E-state index contributed by atoms with van der Waals surface area (Å²) in [4.78, 5) is 0. The summed E-state index contributed by atoms with van der Waals surface area (Å²) in [5, 5.41) is 0. The summed E-state index contributed by atoms with van der Waals surface area (Å²) in [5.41, 5.74) is 0.766. The highest BCUT2D eigenvalue weighted by Gasteiger charge is 2.33. The van der Waals surface area contributed by atoms with E-state index in [-0.39, 0.29) is 24.4 Å². The monoisotopic (exact) mass is 368 g/mol. The molecule has 0 amide bonds. The zero-order valence-corrected chi connectivity index (χ0v) is 15.8. The van der Waals surface area contributed by atoms with E-state index in [4.69, 9.17) is 14.2 Å². The minimum atomic E-state index is -0.509. The van der Waals surface area contributed by atoms with Crippen molar-refractivity contribution in [2.45, 2.75) is 64.3 Å². The van der Waals surface area contributed by atoms with Gasteiger partial charge in [0, 0.05) is 24.5 Å². The van der Waals surface area contributed by atoms with Gasteiger partial charge in [-0.15, -0.1) is 0 Å². The van der Waals surface area contributed by atoms with Gasteiger partial charge in [-0.25, -0.2) is 8.78 Å². The summed E-state index contributed by atoms with van der Waals surface area (Å²) in [5.74, 6) is 0.0819. The van der Waals surface area contributed by atoms with Gasteiger partial charge in [0.05, 0.1) is 19.8 Å². The number of benzene rings is 1. The Morgan fingerprint density at radius 2 is 1.65 bits per heavy atom. The molecular weight excluding hydrogens is 338 g/mol. The zero-order chi connectivity index (χ0) is 18.5. The summed E-state index contributed by atoms with van der Waals surface area (Å²) in [6, 6.07) is 2.96. The predicted octanol–water partition coefficient (Wildman–Crippen LogP) is 5.17. The topological polar surface area (TPSA) is 27.7 Å². The molecule has 146 valence electrons. The summed E-state index contributed by atoms with van der Waals surface area (Å²) >= 11 is 0. The van der Waals surface area contributed by atoms with E-state index in [1.165, 1.54) is 19.2 Å². The molecule has 1 heterocycles. The Labute approximate surface area is 155 Å². The molecule has 0 unspecified atom stereocenters. The van der Waals surface area contributed by atoms with Crippen LogP contribution in [0.1, 0.15) is 62.5 Å². The van der Waals surface area contributed by atoms with E-state index in [0.29, 0.717) is 11.8 Å². The highest BCUT2D eigenvalue weighted by Crippen LogP contribution is 2.39. The predicted molar refractivity (Wildman–Crippen MR) is 95.9 cm³/mol. The van der Waals surface area contributed by atoms with E-state index in [2.05, 4.69) is 6.92 Å². The van der Waals surface area contributed by atoms with Crippen LogP contribution < -0.4 is 0 Å². The molecule has 2 aliphatic rings. The van der Waals surface area contributed by atoms with Crippen LogP contribution in [0.4, 0.5) is 8.78 Å². The molecule has 1 aliphatic carbocycles. The molecule has 1 aromatic carbocycles. The Kier molecular flexibility index (Phi) is 7.01. The maximum Gasteiger partial charge on any atom is 0.160 e. The molecule has 5 heteroatoms. The molecule has 3 rings (SSSR count). The zero-order valence-electron chi connectivity index (χ0n) is 15.8. The van der Waals surface area contributed by atoms with Crippen LogP contribution in [0, 0.1) is 23.5 Å². The van der Waals surface area contributed by atoms with Gasteiger partial charge in [-0.05, 0) is 55.7 Å². The van der Waals surface area contributed by atoms with E-state index >= 15 is 0 Å². The lowest BCUT2D eigenvalue weighted by Crippen LogP contribution is -2.38. The van der Waals surface area contributed by atoms with Gasteiger partial charge in [0.15, 0.2) is 6.29 Å². The van der Waals surface area contributed by atoms with Crippen LogP contribution in [0.15, 0.2) is 12.1 Å². The van der Waals surface area contributed by atoms with Crippen molar-refractivity contribution in [1.82, 2.24) is 0 Å². The molecule has 0 bridgehead atoms. The van der Waals surface area contributed by atoms with Crippen molar-refractivity contribution in [2.24, 2.45) is 11.8 Å². The third kappa shape index (κ3) is 4.62. The van der Waals surface area contributed by atoms with Crippen molar-refractivity contribution in [2.75, 3.05) is 20.3 Å². The number of hydrogen-bond donors (Lipinski definition) is 0. The third-order valence-corrected chi connectivity index (χ3v) is 5.77. The molecule has 0 N–H and O–H groups in total. The number of halogens is 2. The maximum absolute atomic E-state index is 14.2. The third-order valence-electron chi connectivity index (χ3n) is 5.77. The number of rotatable bonds is 6. The molecule has 0 atom stereocenters. The molecule has 26 heavy (non-hydrogen) atoms. The largest absolute Gasteiger partial charge is 0.380 e. The fraction of sp³-hybridized carbons (Fsp3) is 0.714. The lowest BCUT2D eigenvalue weighted by molar-refractivity contribution is -0.229. The van der Waals surface area contributed by atoms with E-state index in [9.17, 15) is 8.78 Å². The first-order valence-electron chi connectivity index (χ1n) is 9.82. The van der Waals surface area contributed by atoms with Gasteiger partial charge in [0.25, 0.3) is 0 Å². The maximum atomic E-state index is 14.2. The summed E-state index contributed by atoms with van der Waals surface area (Å²) in [7, 11) is 1.44. The van der Waals surface area contributed by atoms with Crippen molar-refractivity contribution >= 4 is 0 Å². The first-order valence-corrected chi connectivity index (χ1v) is 9.82. The molecule has 0 aromatic heterocycles. The van der Waals surface area contributed by atoms with Crippen molar-refractivity contribution in [3.8, 4) is 0 Å². The smallest absolute Gasteiger partial charge is 0.160 e. The number of hydrogen-bond acceptors (Lipinski definition) is 3.